The predicted octanol–water partition coefficient (Wildman–Crippen LogP) is 2.38. The van der Waals surface area contributed by atoms with E-state index in [0.29, 0.717) is 5.82 Å². The topological polar surface area (TPSA) is 73.6 Å². The molecule has 0 bridgehead atoms. The van der Waals surface area contributed by atoms with E-state index in [1.54, 1.807) is 6.07 Å². The maximum Gasteiger partial charge on any atom is 0.132 e. The maximum absolute atomic E-state index is 8.52. The summed E-state index contributed by atoms with van der Waals surface area (Å²) in [7, 11) is 0. The Hall–Kier alpha value is -2.61. The fourth-order valence-corrected chi connectivity index (χ4v) is 1.90. The number of rotatable bonds is 6. The quantitative estimate of drug-likeness (QED) is 0.786. The summed E-state index contributed by atoms with van der Waals surface area (Å²) >= 11 is 0. The van der Waals surface area contributed by atoms with Gasteiger partial charge in [-0.3, -0.25) is 0 Å². The van der Waals surface area contributed by atoms with E-state index in [4.69, 9.17) is 5.26 Å². The minimum Gasteiger partial charge on any atom is -0.370 e. The fourth-order valence-electron chi connectivity index (χ4n) is 1.90. The van der Waals surface area contributed by atoms with Crippen molar-refractivity contribution < 1.29 is 0 Å². The van der Waals surface area contributed by atoms with Crippen LogP contribution < -0.4 is 10.6 Å². The van der Waals surface area contributed by atoms with Crippen LogP contribution in [0.25, 0.3) is 0 Å². The van der Waals surface area contributed by atoms with E-state index in [0.717, 1.165) is 18.8 Å². The summed E-state index contributed by atoms with van der Waals surface area (Å²) in [6, 6.07) is 12.2. The standard InChI is InChI=1S/C15H17N5/c1-12-4-2-3-5-13(12)6-8-17-14-10-15(18-9-7-16)20-11-19-14/h2-5,10-11H,6,8-9H2,1H3,(H2,17,18,19,20). The Labute approximate surface area is 118 Å². The van der Waals surface area contributed by atoms with Gasteiger partial charge in [-0.25, -0.2) is 9.97 Å². The van der Waals surface area contributed by atoms with E-state index >= 15 is 0 Å². The molecule has 2 aromatic rings. The van der Waals surface area contributed by atoms with Crippen LogP contribution in [0, 0.1) is 18.3 Å². The average molecular weight is 267 g/mol. The van der Waals surface area contributed by atoms with Crippen LogP contribution in [-0.4, -0.2) is 23.1 Å². The number of hydrogen-bond acceptors (Lipinski definition) is 5. The lowest BCUT2D eigenvalue weighted by Crippen LogP contribution is -2.08. The highest BCUT2D eigenvalue weighted by atomic mass is 15.1. The summed E-state index contributed by atoms with van der Waals surface area (Å²) in [6.45, 7) is 3.16. The average Bonchev–Trinajstić information content (AvgIpc) is 2.48. The van der Waals surface area contributed by atoms with Gasteiger partial charge >= 0.3 is 0 Å². The molecule has 2 rings (SSSR count). The number of nitriles is 1. The molecule has 0 saturated heterocycles. The van der Waals surface area contributed by atoms with Gasteiger partial charge in [-0.1, -0.05) is 24.3 Å². The monoisotopic (exact) mass is 267 g/mol. The Morgan fingerprint density at radius 2 is 1.90 bits per heavy atom. The first kappa shape index (κ1) is 13.8. The number of benzene rings is 1. The lowest BCUT2D eigenvalue weighted by atomic mass is 10.1. The summed E-state index contributed by atoms with van der Waals surface area (Å²) in [5.41, 5.74) is 2.63. The summed E-state index contributed by atoms with van der Waals surface area (Å²) in [5.74, 6) is 1.41. The van der Waals surface area contributed by atoms with Crippen molar-refractivity contribution in [2.45, 2.75) is 13.3 Å². The zero-order valence-electron chi connectivity index (χ0n) is 11.4. The molecule has 1 heterocycles. The number of aromatic nitrogens is 2. The van der Waals surface area contributed by atoms with Crippen LogP contribution in [-0.2, 0) is 6.42 Å². The molecular formula is C15H17N5. The molecule has 0 saturated carbocycles. The molecular weight excluding hydrogens is 250 g/mol. The smallest absolute Gasteiger partial charge is 0.132 e. The van der Waals surface area contributed by atoms with Crippen molar-refractivity contribution in [2.24, 2.45) is 0 Å². The number of hydrogen-bond donors (Lipinski definition) is 2. The molecule has 0 spiro atoms. The Bertz CT molecular complexity index is 603. The molecule has 5 heteroatoms. The normalized spacial score (nSPS) is 9.80. The molecule has 0 amide bonds. The van der Waals surface area contributed by atoms with Crippen LogP contribution in [0.2, 0.25) is 0 Å². The Morgan fingerprint density at radius 3 is 2.65 bits per heavy atom. The van der Waals surface area contributed by atoms with E-state index in [1.807, 2.05) is 12.1 Å². The van der Waals surface area contributed by atoms with Gasteiger partial charge in [0.25, 0.3) is 0 Å². The van der Waals surface area contributed by atoms with Crippen LogP contribution in [0.4, 0.5) is 11.6 Å². The van der Waals surface area contributed by atoms with Gasteiger partial charge in [0.15, 0.2) is 0 Å². The van der Waals surface area contributed by atoms with E-state index in [2.05, 4.69) is 45.7 Å². The molecule has 0 aliphatic heterocycles. The van der Waals surface area contributed by atoms with Crippen molar-refractivity contribution in [2.75, 3.05) is 23.7 Å². The summed E-state index contributed by atoms with van der Waals surface area (Å²) in [4.78, 5) is 8.20. The maximum atomic E-state index is 8.52. The molecule has 1 aromatic heterocycles. The molecule has 0 aliphatic carbocycles. The van der Waals surface area contributed by atoms with Gasteiger partial charge in [-0.05, 0) is 24.5 Å². The minimum atomic E-state index is 0.236. The van der Waals surface area contributed by atoms with Gasteiger partial charge in [-0.2, -0.15) is 5.26 Å². The third-order valence-electron chi connectivity index (χ3n) is 2.98. The number of anilines is 2. The van der Waals surface area contributed by atoms with Crippen LogP contribution in [0.3, 0.4) is 0 Å². The zero-order chi connectivity index (χ0) is 14.2. The number of nitrogens with one attached hydrogen (secondary N) is 2. The van der Waals surface area contributed by atoms with Crippen LogP contribution in [0.1, 0.15) is 11.1 Å². The first-order valence-electron chi connectivity index (χ1n) is 6.51. The Morgan fingerprint density at radius 1 is 1.15 bits per heavy atom. The Kier molecular flexibility index (Phi) is 4.90. The molecule has 0 aliphatic rings. The van der Waals surface area contributed by atoms with Crippen LogP contribution >= 0.6 is 0 Å². The molecule has 20 heavy (non-hydrogen) atoms. The predicted molar refractivity (Wildman–Crippen MR) is 79.5 cm³/mol. The van der Waals surface area contributed by atoms with Crippen molar-refractivity contribution in [1.29, 1.82) is 5.26 Å². The van der Waals surface area contributed by atoms with Crippen LogP contribution in [0.15, 0.2) is 36.7 Å². The van der Waals surface area contributed by atoms with Gasteiger partial charge in [0.2, 0.25) is 0 Å². The highest BCUT2D eigenvalue weighted by Gasteiger charge is 1.99. The summed E-state index contributed by atoms with van der Waals surface area (Å²) < 4.78 is 0. The molecule has 102 valence electrons. The van der Waals surface area contributed by atoms with Crippen molar-refractivity contribution in [3.05, 3.63) is 47.8 Å². The second-order valence-corrected chi connectivity index (χ2v) is 4.40. The van der Waals surface area contributed by atoms with Crippen molar-refractivity contribution in [3.63, 3.8) is 0 Å². The van der Waals surface area contributed by atoms with E-state index in [9.17, 15) is 0 Å². The first-order valence-corrected chi connectivity index (χ1v) is 6.51. The molecule has 0 atom stereocenters. The molecule has 0 unspecified atom stereocenters. The lowest BCUT2D eigenvalue weighted by Gasteiger charge is -2.08. The van der Waals surface area contributed by atoms with E-state index in [-0.39, 0.29) is 6.54 Å². The second-order valence-electron chi connectivity index (χ2n) is 4.40. The zero-order valence-corrected chi connectivity index (χ0v) is 11.4. The van der Waals surface area contributed by atoms with Crippen LogP contribution in [0.5, 0.6) is 0 Å². The fraction of sp³-hybridized carbons (Fsp3) is 0.267. The van der Waals surface area contributed by atoms with E-state index in [1.165, 1.54) is 17.5 Å². The largest absolute Gasteiger partial charge is 0.370 e. The SMILES string of the molecule is Cc1ccccc1CCNc1cc(NCC#N)ncn1. The first-order chi connectivity index (χ1) is 9.79. The molecule has 5 nitrogen and oxygen atoms in total. The highest BCUT2D eigenvalue weighted by Crippen LogP contribution is 2.10. The lowest BCUT2D eigenvalue weighted by molar-refractivity contribution is 0.987. The van der Waals surface area contributed by atoms with Crippen molar-refractivity contribution >= 4 is 11.6 Å². The van der Waals surface area contributed by atoms with Gasteiger partial charge in [0.1, 0.15) is 24.5 Å². The van der Waals surface area contributed by atoms with Gasteiger partial charge in [0.05, 0.1) is 6.07 Å². The van der Waals surface area contributed by atoms with Gasteiger partial charge in [-0.15, -0.1) is 0 Å². The molecule has 1 aromatic carbocycles. The third kappa shape index (κ3) is 3.95. The van der Waals surface area contributed by atoms with Crippen molar-refractivity contribution in [1.82, 2.24) is 9.97 Å². The minimum absolute atomic E-state index is 0.236. The van der Waals surface area contributed by atoms with Crippen molar-refractivity contribution in [3.8, 4) is 6.07 Å². The number of nitrogens with zero attached hydrogens (tertiary/aromatic N) is 3. The molecule has 2 N–H and O–H groups in total. The molecule has 0 fully saturated rings. The summed E-state index contributed by atoms with van der Waals surface area (Å²) in [6.07, 6.45) is 2.42. The second kappa shape index (κ2) is 7.10. The highest BCUT2D eigenvalue weighted by molar-refractivity contribution is 5.46. The van der Waals surface area contributed by atoms with E-state index < -0.39 is 0 Å². The third-order valence-corrected chi connectivity index (χ3v) is 2.98. The van der Waals surface area contributed by atoms with Gasteiger partial charge < -0.3 is 10.6 Å². The molecule has 0 radical (unpaired) electrons. The van der Waals surface area contributed by atoms with Gasteiger partial charge in [0, 0.05) is 12.6 Å². The number of aryl methyl sites for hydroxylation is 1. The summed E-state index contributed by atoms with van der Waals surface area (Å²) in [5, 5.41) is 14.7. The Balaban J connectivity index is 1.88.